The molecule has 110 valence electrons. The van der Waals surface area contributed by atoms with E-state index in [0.29, 0.717) is 6.54 Å². The van der Waals surface area contributed by atoms with Gasteiger partial charge in [0.25, 0.3) is 0 Å². The lowest BCUT2D eigenvalue weighted by Crippen LogP contribution is -2.60. The van der Waals surface area contributed by atoms with Crippen LogP contribution in [0.25, 0.3) is 0 Å². The molecule has 0 radical (unpaired) electrons. The van der Waals surface area contributed by atoms with Crippen molar-refractivity contribution < 1.29 is 9.59 Å². The van der Waals surface area contributed by atoms with E-state index in [2.05, 4.69) is 25.4 Å². The number of piperazine rings is 1. The van der Waals surface area contributed by atoms with Crippen molar-refractivity contribution in [3.63, 3.8) is 0 Å². The number of nitrogens with one attached hydrogen (secondary N) is 1. The summed E-state index contributed by atoms with van der Waals surface area (Å²) >= 11 is 1.80. The molecule has 1 atom stereocenters. The van der Waals surface area contributed by atoms with Gasteiger partial charge in [-0.3, -0.25) is 9.59 Å². The SMILES string of the molecule is CCCC1NC(=O)CN(CC(CC)(CC)SC)C1=O. The van der Waals surface area contributed by atoms with Gasteiger partial charge in [-0.1, -0.05) is 27.2 Å². The summed E-state index contributed by atoms with van der Waals surface area (Å²) in [5.41, 5.74) is 0. The Kier molecular flexibility index (Phi) is 6.17. The van der Waals surface area contributed by atoms with Gasteiger partial charge in [0.15, 0.2) is 0 Å². The third kappa shape index (κ3) is 3.88. The molecular weight excluding hydrogens is 260 g/mol. The molecule has 1 unspecified atom stereocenters. The van der Waals surface area contributed by atoms with Gasteiger partial charge in [-0.05, 0) is 25.5 Å². The average Bonchev–Trinajstić information content (AvgIpc) is 2.41. The number of hydrogen-bond acceptors (Lipinski definition) is 3. The van der Waals surface area contributed by atoms with E-state index in [1.165, 1.54) is 0 Å². The highest BCUT2D eigenvalue weighted by atomic mass is 32.2. The Labute approximate surface area is 120 Å². The van der Waals surface area contributed by atoms with Crippen LogP contribution in [-0.2, 0) is 9.59 Å². The molecule has 1 saturated heterocycles. The van der Waals surface area contributed by atoms with E-state index in [9.17, 15) is 9.59 Å². The van der Waals surface area contributed by atoms with Crippen molar-refractivity contribution in [3.8, 4) is 0 Å². The standard InChI is InChI=1S/C14H26N2O2S/c1-5-8-11-13(18)16(9-12(17)15-11)10-14(6-2,7-3)19-4/h11H,5-10H2,1-4H3,(H,15,17). The Morgan fingerprint density at radius 3 is 2.42 bits per heavy atom. The van der Waals surface area contributed by atoms with Crippen molar-refractivity contribution in [2.24, 2.45) is 0 Å². The molecule has 0 aromatic carbocycles. The Balaban J connectivity index is 2.80. The highest BCUT2D eigenvalue weighted by Gasteiger charge is 2.36. The molecule has 1 N–H and O–H groups in total. The quantitative estimate of drug-likeness (QED) is 0.779. The molecule has 1 rings (SSSR count). The fourth-order valence-electron chi connectivity index (χ4n) is 2.57. The van der Waals surface area contributed by atoms with Gasteiger partial charge >= 0.3 is 0 Å². The second-order valence-corrected chi connectivity index (χ2v) is 6.47. The predicted molar refractivity (Wildman–Crippen MR) is 80.2 cm³/mol. The van der Waals surface area contributed by atoms with Crippen molar-refractivity contribution in [1.82, 2.24) is 10.2 Å². The maximum atomic E-state index is 12.4. The van der Waals surface area contributed by atoms with Gasteiger partial charge in [-0.25, -0.2) is 0 Å². The Hall–Kier alpha value is -0.710. The molecule has 1 fully saturated rings. The van der Waals surface area contributed by atoms with Crippen LogP contribution in [0.5, 0.6) is 0 Å². The van der Waals surface area contributed by atoms with Gasteiger partial charge in [-0.2, -0.15) is 11.8 Å². The molecule has 1 heterocycles. The van der Waals surface area contributed by atoms with Crippen molar-refractivity contribution in [2.45, 2.75) is 57.2 Å². The van der Waals surface area contributed by atoms with Crippen LogP contribution in [0.1, 0.15) is 46.5 Å². The summed E-state index contributed by atoms with van der Waals surface area (Å²) in [6, 6.07) is -0.320. The number of amides is 2. The van der Waals surface area contributed by atoms with Gasteiger partial charge in [0.2, 0.25) is 11.8 Å². The lowest BCUT2D eigenvalue weighted by molar-refractivity contribution is -0.144. The summed E-state index contributed by atoms with van der Waals surface area (Å²) in [5, 5.41) is 2.80. The zero-order valence-electron chi connectivity index (χ0n) is 12.5. The van der Waals surface area contributed by atoms with E-state index >= 15 is 0 Å². The van der Waals surface area contributed by atoms with E-state index in [0.717, 1.165) is 25.7 Å². The first kappa shape index (κ1) is 16.3. The molecule has 2 amide bonds. The number of carbonyl (C=O) groups excluding carboxylic acids is 2. The van der Waals surface area contributed by atoms with Gasteiger partial charge < -0.3 is 10.2 Å². The second kappa shape index (κ2) is 7.17. The minimum absolute atomic E-state index is 0.0275. The Bertz CT molecular complexity index is 321. The molecular formula is C14H26N2O2S. The smallest absolute Gasteiger partial charge is 0.245 e. The van der Waals surface area contributed by atoms with Crippen LogP contribution in [-0.4, -0.2) is 46.8 Å². The molecule has 5 heteroatoms. The lowest BCUT2D eigenvalue weighted by atomic mass is 9.99. The van der Waals surface area contributed by atoms with Crippen LogP contribution in [0, 0.1) is 0 Å². The zero-order chi connectivity index (χ0) is 14.5. The van der Waals surface area contributed by atoms with E-state index in [4.69, 9.17) is 0 Å². The number of nitrogens with zero attached hydrogens (tertiary/aromatic N) is 1. The van der Waals surface area contributed by atoms with Gasteiger partial charge in [0.1, 0.15) is 6.04 Å². The average molecular weight is 286 g/mol. The Morgan fingerprint density at radius 2 is 1.95 bits per heavy atom. The van der Waals surface area contributed by atoms with Crippen molar-refractivity contribution in [3.05, 3.63) is 0 Å². The number of rotatable bonds is 7. The van der Waals surface area contributed by atoms with Gasteiger partial charge in [-0.15, -0.1) is 0 Å². The van der Waals surface area contributed by atoms with Gasteiger partial charge in [0, 0.05) is 11.3 Å². The van der Waals surface area contributed by atoms with Gasteiger partial charge in [0.05, 0.1) is 6.54 Å². The summed E-state index contributed by atoms with van der Waals surface area (Å²) in [7, 11) is 0. The van der Waals surface area contributed by atoms with Crippen molar-refractivity contribution in [2.75, 3.05) is 19.3 Å². The van der Waals surface area contributed by atoms with Crippen molar-refractivity contribution >= 4 is 23.6 Å². The Morgan fingerprint density at radius 1 is 1.32 bits per heavy atom. The topological polar surface area (TPSA) is 49.4 Å². The second-order valence-electron chi connectivity index (χ2n) is 5.20. The van der Waals surface area contributed by atoms with E-state index in [1.807, 2.05) is 6.92 Å². The summed E-state index contributed by atoms with van der Waals surface area (Å²) < 4.78 is 0.0735. The molecule has 0 spiro atoms. The minimum Gasteiger partial charge on any atom is -0.343 e. The zero-order valence-corrected chi connectivity index (χ0v) is 13.3. The number of carbonyl (C=O) groups is 2. The molecule has 1 aliphatic rings. The maximum Gasteiger partial charge on any atom is 0.245 e. The van der Waals surface area contributed by atoms with Crippen molar-refractivity contribution in [1.29, 1.82) is 0 Å². The largest absolute Gasteiger partial charge is 0.343 e. The van der Waals surface area contributed by atoms with Crippen LogP contribution in [0.15, 0.2) is 0 Å². The van der Waals surface area contributed by atoms with Crippen LogP contribution in [0.3, 0.4) is 0 Å². The summed E-state index contributed by atoms with van der Waals surface area (Å²) in [6.45, 7) is 7.22. The fourth-order valence-corrected chi connectivity index (χ4v) is 3.43. The first-order valence-corrected chi connectivity index (χ1v) is 8.37. The predicted octanol–water partition coefficient (Wildman–Crippen LogP) is 2.04. The summed E-state index contributed by atoms with van der Waals surface area (Å²) in [5.74, 6) is 0.0574. The molecule has 0 saturated carbocycles. The third-order valence-corrected chi connectivity index (χ3v) is 5.63. The van der Waals surface area contributed by atoms with E-state index < -0.39 is 0 Å². The normalized spacial score (nSPS) is 20.6. The molecule has 0 bridgehead atoms. The molecule has 4 nitrogen and oxygen atoms in total. The molecule has 19 heavy (non-hydrogen) atoms. The van der Waals surface area contributed by atoms with Crippen LogP contribution < -0.4 is 5.32 Å². The lowest BCUT2D eigenvalue weighted by Gasteiger charge is -2.39. The number of hydrogen-bond donors (Lipinski definition) is 1. The monoisotopic (exact) mass is 286 g/mol. The third-order valence-electron chi connectivity index (χ3n) is 4.06. The first-order valence-electron chi connectivity index (χ1n) is 7.15. The highest BCUT2D eigenvalue weighted by molar-refractivity contribution is 8.00. The highest BCUT2D eigenvalue weighted by Crippen LogP contribution is 2.32. The first-order chi connectivity index (χ1) is 9.01. The summed E-state index contributed by atoms with van der Waals surface area (Å²) in [6.07, 6.45) is 5.74. The molecule has 0 aromatic rings. The molecule has 0 aromatic heterocycles. The van der Waals surface area contributed by atoms with Crippen LogP contribution in [0.4, 0.5) is 0 Å². The maximum absolute atomic E-state index is 12.4. The van der Waals surface area contributed by atoms with E-state index in [1.54, 1.807) is 16.7 Å². The number of thioether (sulfide) groups is 1. The van der Waals surface area contributed by atoms with Crippen LogP contribution >= 0.6 is 11.8 Å². The van der Waals surface area contributed by atoms with Crippen LogP contribution in [0.2, 0.25) is 0 Å². The summed E-state index contributed by atoms with van der Waals surface area (Å²) in [4.78, 5) is 25.9. The minimum atomic E-state index is -0.320. The van der Waals surface area contributed by atoms with E-state index in [-0.39, 0.29) is 29.1 Å². The molecule has 1 aliphatic heterocycles. The fraction of sp³-hybridized carbons (Fsp3) is 0.857. The molecule has 0 aliphatic carbocycles.